The van der Waals surface area contributed by atoms with Gasteiger partial charge >= 0.3 is 0 Å². The fourth-order valence-electron chi connectivity index (χ4n) is 3.21. The first-order chi connectivity index (χ1) is 15.0. The van der Waals surface area contributed by atoms with Crippen LogP contribution in [0.5, 0.6) is 5.88 Å². The number of aryl methyl sites for hydroxylation is 1. The van der Waals surface area contributed by atoms with Gasteiger partial charge < -0.3 is 15.5 Å². The minimum atomic E-state index is -0.328. The molecule has 31 heavy (non-hydrogen) atoms. The second-order valence-corrected chi connectivity index (χ2v) is 8.16. The summed E-state index contributed by atoms with van der Waals surface area (Å²) in [5, 5.41) is 0.473. The van der Waals surface area contributed by atoms with Crippen LogP contribution in [0.15, 0.2) is 47.4 Å². The number of primary amides is 1. The number of pyridine rings is 1. The van der Waals surface area contributed by atoms with Crippen molar-refractivity contribution in [1.82, 2.24) is 15.0 Å². The monoisotopic (exact) mass is 438 g/mol. The molecule has 3 aromatic rings. The number of aromatic nitrogens is 3. The smallest absolute Gasteiger partial charge is 0.251 e. The molecule has 0 atom stereocenters. The highest BCUT2D eigenvalue weighted by atomic mass is 35.5. The summed E-state index contributed by atoms with van der Waals surface area (Å²) in [6, 6.07) is 10.6. The van der Waals surface area contributed by atoms with Gasteiger partial charge in [-0.1, -0.05) is 17.7 Å². The summed E-state index contributed by atoms with van der Waals surface area (Å²) < 4.78 is 5.67. The van der Waals surface area contributed by atoms with Crippen LogP contribution in [0.25, 0.3) is 22.6 Å². The van der Waals surface area contributed by atoms with Gasteiger partial charge in [-0.2, -0.15) is 0 Å². The molecule has 0 aliphatic heterocycles. The fraction of sp³-hybridized carbons (Fsp3) is 0.304. The lowest BCUT2D eigenvalue weighted by Gasteiger charge is -2.09. The molecule has 0 unspecified atom stereocenters. The van der Waals surface area contributed by atoms with E-state index >= 15 is 0 Å². The molecule has 4 rings (SSSR count). The zero-order chi connectivity index (χ0) is 21.8. The Hall–Kier alpha value is -3.19. The number of halogens is 1. The van der Waals surface area contributed by atoms with Crippen molar-refractivity contribution in [3.63, 3.8) is 0 Å². The maximum atomic E-state index is 12.3. The third-order valence-electron chi connectivity index (χ3n) is 5.11. The van der Waals surface area contributed by atoms with Crippen molar-refractivity contribution in [2.24, 2.45) is 11.7 Å². The van der Waals surface area contributed by atoms with Gasteiger partial charge in [0, 0.05) is 35.9 Å². The molecule has 1 saturated carbocycles. The van der Waals surface area contributed by atoms with Crippen molar-refractivity contribution in [3.8, 4) is 28.5 Å². The molecule has 0 saturated heterocycles. The van der Waals surface area contributed by atoms with Crippen LogP contribution >= 0.6 is 11.6 Å². The van der Waals surface area contributed by atoms with Crippen molar-refractivity contribution in [3.05, 3.63) is 63.5 Å². The minimum absolute atomic E-state index is 0.288. The first kappa shape index (κ1) is 21.1. The molecule has 2 aromatic heterocycles. The number of nitrogens with one attached hydrogen (secondary N) is 1. The van der Waals surface area contributed by atoms with Gasteiger partial charge in [-0.25, -0.2) is 9.97 Å². The van der Waals surface area contributed by atoms with Gasteiger partial charge in [-0.3, -0.25) is 9.59 Å². The number of nitrogens with zero attached hydrogens (tertiary/aromatic N) is 2. The van der Waals surface area contributed by atoms with Gasteiger partial charge in [0.2, 0.25) is 11.8 Å². The minimum Gasteiger partial charge on any atom is -0.477 e. The first-order valence-corrected chi connectivity index (χ1v) is 10.6. The average Bonchev–Trinajstić information content (AvgIpc) is 3.58. The molecule has 0 spiro atoms. The Morgan fingerprint density at radius 1 is 1.23 bits per heavy atom. The molecular weight excluding hydrogens is 416 g/mol. The van der Waals surface area contributed by atoms with E-state index in [1.807, 2.05) is 18.2 Å². The summed E-state index contributed by atoms with van der Waals surface area (Å²) in [4.78, 5) is 35.0. The van der Waals surface area contributed by atoms with Crippen LogP contribution in [0.2, 0.25) is 5.02 Å². The van der Waals surface area contributed by atoms with E-state index in [9.17, 15) is 9.59 Å². The predicted molar refractivity (Wildman–Crippen MR) is 119 cm³/mol. The second-order valence-electron chi connectivity index (χ2n) is 7.75. The Morgan fingerprint density at radius 2 is 2.06 bits per heavy atom. The number of ether oxygens (including phenoxy) is 1. The number of hydrogen-bond donors (Lipinski definition) is 2. The molecule has 1 aromatic carbocycles. The van der Waals surface area contributed by atoms with E-state index in [1.54, 1.807) is 18.3 Å². The van der Waals surface area contributed by atoms with Crippen LogP contribution < -0.4 is 16.0 Å². The van der Waals surface area contributed by atoms with E-state index in [2.05, 4.69) is 15.0 Å². The fourth-order valence-corrected chi connectivity index (χ4v) is 3.42. The lowest BCUT2D eigenvalue weighted by atomic mass is 10.0. The van der Waals surface area contributed by atoms with Crippen molar-refractivity contribution < 1.29 is 9.53 Å². The second kappa shape index (κ2) is 9.31. The van der Waals surface area contributed by atoms with Crippen LogP contribution in [0.3, 0.4) is 0 Å². The third-order valence-corrected chi connectivity index (χ3v) is 5.44. The van der Waals surface area contributed by atoms with Gasteiger partial charge in [0.1, 0.15) is 5.82 Å². The predicted octanol–water partition coefficient (Wildman–Crippen LogP) is 3.75. The van der Waals surface area contributed by atoms with Crippen LogP contribution in [-0.4, -0.2) is 27.5 Å². The van der Waals surface area contributed by atoms with Gasteiger partial charge in [-0.05, 0) is 55.4 Å². The zero-order valence-electron chi connectivity index (χ0n) is 16.9. The quantitative estimate of drug-likeness (QED) is 0.528. The lowest BCUT2D eigenvalue weighted by molar-refractivity contribution is -0.118. The largest absolute Gasteiger partial charge is 0.477 e. The summed E-state index contributed by atoms with van der Waals surface area (Å²) in [5.41, 5.74) is 7.72. The number of benzene rings is 1. The number of rotatable bonds is 9. The SMILES string of the molecule is NC(=O)CCCc1ccc(Cl)c(-c2nc(-c3ccc(OCC4CC4)nc3)cc(=O)[nH]2)c1. The third kappa shape index (κ3) is 5.70. The molecular formula is C23H23ClN4O3. The van der Waals surface area contributed by atoms with Gasteiger partial charge in [-0.15, -0.1) is 0 Å². The molecule has 8 heteroatoms. The van der Waals surface area contributed by atoms with Crippen LogP contribution in [0, 0.1) is 5.92 Å². The molecule has 0 radical (unpaired) electrons. The standard InChI is InChI=1S/C23H23ClN4O3/c24-18-8-6-14(2-1-3-20(25)29)10-17(18)23-27-19(11-21(30)28-23)16-7-9-22(26-12-16)31-13-15-4-5-15/h6-12,15H,1-5,13H2,(H2,25,29)(H,27,28,30). The van der Waals surface area contributed by atoms with E-state index in [-0.39, 0.29) is 11.5 Å². The van der Waals surface area contributed by atoms with E-state index in [4.69, 9.17) is 22.1 Å². The maximum Gasteiger partial charge on any atom is 0.251 e. The first-order valence-electron chi connectivity index (χ1n) is 10.3. The van der Waals surface area contributed by atoms with Crippen molar-refractivity contribution in [2.45, 2.75) is 32.1 Å². The molecule has 2 heterocycles. The maximum absolute atomic E-state index is 12.3. The van der Waals surface area contributed by atoms with E-state index in [0.717, 1.165) is 5.56 Å². The van der Waals surface area contributed by atoms with Gasteiger partial charge in [0.15, 0.2) is 0 Å². The lowest BCUT2D eigenvalue weighted by Crippen LogP contribution is -2.10. The molecule has 7 nitrogen and oxygen atoms in total. The number of amides is 1. The molecule has 1 aliphatic carbocycles. The normalized spacial score (nSPS) is 13.2. The number of H-pyrrole nitrogens is 1. The van der Waals surface area contributed by atoms with Gasteiger partial charge in [0.25, 0.3) is 5.56 Å². The average molecular weight is 439 g/mol. The zero-order valence-corrected chi connectivity index (χ0v) is 17.7. The summed E-state index contributed by atoms with van der Waals surface area (Å²) in [7, 11) is 0. The Bertz CT molecular complexity index is 1140. The Kier molecular flexibility index (Phi) is 6.32. The van der Waals surface area contributed by atoms with Crippen LogP contribution in [-0.2, 0) is 11.2 Å². The number of aromatic amines is 1. The van der Waals surface area contributed by atoms with E-state index in [0.29, 0.717) is 65.3 Å². The summed E-state index contributed by atoms with van der Waals surface area (Å²) >= 11 is 6.39. The molecule has 1 fully saturated rings. The molecule has 1 aliphatic rings. The highest BCUT2D eigenvalue weighted by Gasteiger charge is 2.22. The number of nitrogens with two attached hydrogens (primary N) is 1. The van der Waals surface area contributed by atoms with Gasteiger partial charge in [0.05, 0.1) is 17.3 Å². The Morgan fingerprint density at radius 3 is 2.77 bits per heavy atom. The van der Waals surface area contributed by atoms with E-state index < -0.39 is 0 Å². The topological polar surface area (TPSA) is 111 Å². The van der Waals surface area contributed by atoms with Crippen LogP contribution in [0.4, 0.5) is 0 Å². The van der Waals surface area contributed by atoms with E-state index in [1.165, 1.54) is 18.9 Å². The number of carbonyl (C=O) groups is 1. The summed E-state index contributed by atoms with van der Waals surface area (Å²) in [6.45, 7) is 0.689. The molecule has 1 amide bonds. The van der Waals surface area contributed by atoms with Crippen LogP contribution in [0.1, 0.15) is 31.2 Å². The Labute approximate surface area is 184 Å². The number of carbonyl (C=O) groups excluding carboxylic acids is 1. The highest BCUT2D eigenvalue weighted by molar-refractivity contribution is 6.33. The highest BCUT2D eigenvalue weighted by Crippen LogP contribution is 2.30. The summed E-state index contributed by atoms with van der Waals surface area (Å²) in [5.74, 6) is 1.26. The van der Waals surface area contributed by atoms with Crippen molar-refractivity contribution in [2.75, 3.05) is 6.61 Å². The Balaban J connectivity index is 1.57. The summed E-state index contributed by atoms with van der Waals surface area (Å²) in [6.07, 6.45) is 5.70. The molecule has 0 bridgehead atoms. The van der Waals surface area contributed by atoms with Crippen molar-refractivity contribution >= 4 is 17.5 Å². The number of hydrogen-bond acceptors (Lipinski definition) is 5. The van der Waals surface area contributed by atoms with Crippen molar-refractivity contribution in [1.29, 1.82) is 0 Å². The molecule has 3 N–H and O–H groups in total. The molecule has 160 valence electrons.